The zero-order chi connectivity index (χ0) is 15.6. The Kier molecular flexibility index (Phi) is 3.87. The second-order valence-corrected chi connectivity index (χ2v) is 6.56. The summed E-state index contributed by atoms with van der Waals surface area (Å²) in [4.78, 5) is 18.8. The Morgan fingerprint density at radius 1 is 1.09 bits per heavy atom. The standard InChI is InChI=1S/C18H22N4O/c23-18(21-8-5-15-11-20-12-16(15)6-9-21)14-1-3-17(4-2-14)22-10-7-19-13-22/h1-4,7,10,13,15-16,20H,5-6,8-9,11-12H2/t15-,16+. The molecule has 0 spiro atoms. The van der Waals surface area contributed by atoms with E-state index in [4.69, 9.17) is 0 Å². The van der Waals surface area contributed by atoms with Crippen LogP contribution in [0.5, 0.6) is 0 Å². The van der Waals surface area contributed by atoms with Crippen molar-refractivity contribution in [1.29, 1.82) is 0 Å². The van der Waals surface area contributed by atoms with E-state index in [2.05, 4.69) is 10.3 Å². The third-order valence-electron chi connectivity index (χ3n) is 5.22. The average Bonchev–Trinajstić information content (AvgIpc) is 3.24. The lowest BCUT2D eigenvalue weighted by Crippen LogP contribution is -2.32. The number of hydrogen-bond donors (Lipinski definition) is 1. The van der Waals surface area contributed by atoms with Crippen LogP contribution in [0.3, 0.4) is 0 Å². The Balaban J connectivity index is 1.46. The highest BCUT2D eigenvalue weighted by Crippen LogP contribution is 2.27. The molecule has 2 atom stereocenters. The Bertz CT molecular complexity index is 651. The third kappa shape index (κ3) is 2.88. The van der Waals surface area contributed by atoms with Gasteiger partial charge in [0, 0.05) is 36.7 Å². The summed E-state index contributed by atoms with van der Waals surface area (Å²) < 4.78 is 1.94. The fraction of sp³-hybridized carbons (Fsp3) is 0.444. The average molecular weight is 310 g/mol. The lowest BCUT2D eigenvalue weighted by atomic mass is 9.92. The summed E-state index contributed by atoms with van der Waals surface area (Å²) in [5.41, 5.74) is 1.80. The van der Waals surface area contributed by atoms with Crippen molar-refractivity contribution in [3.8, 4) is 5.69 Å². The first kappa shape index (κ1) is 14.5. The molecule has 1 amide bonds. The van der Waals surface area contributed by atoms with E-state index >= 15 is 0 Å². The molecule has 0 unspecified atom stereocenters. The van der Waals surface area contributed by atoms with Gasteiger partial charge in [-0.15, -0.1) is 0 Å². The van der Waals surface area contributed by atoms with E-state index in [-0.39, 0.29) is 5.91 Å². The highest BCUT2D eigenvalue weighted by Gasteiger charge is 2.31. The third-order valence-corrected chi connectivity index (χ3v) is 5.22. The first-order chi connectivity index (χ1) is 11.3. The predicted molar refractivity (Wildman–Crippen MR) is 88.6 cm³/mol. The number of nitrogens with one attached hydrogen (secondary N) is 1. The number of aromatic nitrogens is 2. The normalized spacial score (nSPS) is 24.3. The van der Waals surface area contributed by atoms with Crippen LogP contribution in [0.25, 0.3) is 5.69 Å². The van der Waals surface area contributed by atoms with Gasteiger partial charge in [-0.1, -0.05) is 0 Å². The number of likely N-dealkylation sites (tertiary alicyclic amines) is 1. The van der Waals surface area contributed by atoms with Gasteiger partial charge in [-0.05, 0) is 62.0 Å². The molecule has 1 N–H and O–H groups in total. The number of rotatable bonds is 2. The van der Waals surface area contributed by atoms with Gasteiger partial charge in [-0.2, -0.15) is 0 Å². The molecule has 2 aliphatic rings. The lowest BCUT2D eigenvalue weighted by molar-refractivity contribution is 0.0758. The molecule has 1 aromatic heterocycles. The zero-order valence-corrected chi connectivity index (χ0v) is 13.2. The topological polar surface area (TPSA) is 50.2 Å². The fourth-order valence-electron chi connectivity index (χ4n) is 3.79. The number of fused-ring (bicyclic) bond motifs is 1. The molecular formula is C18H22N4O. The van der Waals surface area contributed by atoms with Crippen molar-refractivity contribution in [1.82, 2.24) is 19.8 Å². The van der Waals surface area contributed by atoms with E-state index in [9.17, 15) is 4.79 Å². The minimum absolute atomic E-state index is 0.162. The van der Waals surface area contributed by atoms with Crippen LogP contribution in [-0.2, 0) is 0 Å². The smallest absolute Gasteiger partial charge is 0.253 e. The van der Waals surface area contributed by atoms with Crippen LogP contribution in [0, 0.1) is 11.8 Å². The van der Waals surface area contributed by atoms with Gasteiger partial charge in [0.2, 0.25) is 0 Å². The van der Waals surface area contributed by atoms with Crippen LogP contribution in [0.2, 0.25) is 0 Å². The number of carbonyl (C=O) groups is 1. The lowest BCUT2D eigenvalue weighted by Gasteiger charge is -2.21. The van der Waals surface area contributed by atoms with Gasteiger partial charge >= 0.3 is 0 Å². The first-order valence-corrected chi connectivity index (χ1v) is 8.39. The molecule has 0 aliphatic carbocycles. The van der Waals surface area contributed by atoms with Crippen LogP contribution >= 0.6 is 0 Å². The van der Waals surface area contributed by atoms with E-state index in [0.29, 0.717) is 0 Å². The molecule has 5 nitrogen and oxygen atoms in total. The van der Waals surface area contributed by atoms with Gasteiger partial charge in [0.15, 0.2) is 0 Å². The number of imidazole rings is 1. The molecule has 120 valence electrons. The molecule has 4 rings (SSSR count). The Labute approximate surface area is 136 Å². The van der Waals surface area contributed by atoms with E-state index < -0.39 is 0 Å². The zero-order valence-electron chi connectivity index (χ0n) is 13.2. The maximum Gasteiger partial charge on any atom is 0.253 e. The number of carbonyl (C=O) groups excluding carboxylic acids is 1. The minimum atomic E-state index is 0.162. The molecule has 0 bridgehead atoms. The minimum Gasteiger partial charge on any atom is -0.339 e. The van der Waals surface area contributed by atoms with E-state index in [1.165, 1.54) is 0 Å². The van der Waals surface area contributed by atoms with Gasteiger partial charge in [0.1, 0.15) is 0 Å². The first-order valence-electron chi connectivity index (χ1n) is 8.39. The molecule has 3 heterocycles. The molecule has 2 aliphatic heterocycles. The SMILES string of the molecule is O=C(c1ccc(-n2ccnc2)cc1)N1CC[C@@H]2CNC[C@@H]2CC1. The second kappa shape index (κ2) is 6.16. The summed E-state index contributed by atoms with van der Waals surface area (Å²) in [5, 5.41) is 3.48. The van der Waals surface area contributed by atoms with Crippen LogP contribution in [-0.4, -0.2) is 46.5 Å². The van der Waals surface area contributed by atoms with Crippen molar-refractivity contribution in [2.75, 3.05) is 26.2 Å². The highest BCUT2D eigenvalue weighted by atomic mass is 16.2. The van der Waals surface area contributed by atoms with Crippen LogP contribution in [0.4, 0.5) is 0 Å². The van der Waals surface area contributed by atoms with Gasteiger partial charge in [0.05, 0.1) is 6.33 Å². The van der Waals surface area contributed by atoms with Crippen molar-refractivity contribution in [3.05, 3.63) is 48.5 Å². The molecule has 23 heavy (non-hydrogen) atoms. The maximum absolute atomic E-state index is 12.8. The molecule has 5 heteroatoms. The molecule has 2 fully saturated rings. The largest absolute Gasteiger partial charge is 0.339 e. The number of benzene rings is 1. The van der Waals surface area contributed by atoms with Gasteiger partial charge in [-0.25, -0.2) is 4.98 Å². The van der Waals surface area contributed by atoms with Gasteiger partial charge in [0.25, 0.3) is 5.91 Å². The predicted octanol–water partition coefficient (Wildman–Crippen LogP) is 1.94. The van der Waals surface area contributed by atoms with E-state index in [1.807, 2.05) is 39.9 Å². The van der Waals surface area contributed by atoms with Crippen LogP contribution < -0.4 is 5.32 Å². The van der Waals surface area contributed by atoms with Crippen molar-refractivity contribution in [3.63, 3.8) is 0 Å². The molecule has 0 saturated carbocycles. The number of hydrogen-bond acceptors (Lipinski definition) is 3. The van der Waals surface area contributed by atoms with Gasteiger partial charge in [-0.3, -0.25) is 4.79 Å². The van der Waals surface area contributed by atoms with Crippen molar-refractivity contribution < 1.29 is 4.79 Å². The maximum atomic E-state index is 12.8. The molecule has 1 aromatic carbocycles. The summed E-state index contributed by atoms with van der Waals surface area (Å²) >= 11 is 0. The Morgan fingerprint density at radius 2 is 1.78 bits per heavy atom. The molecular weight excluding hydrogens is 288 g/mol. The number of amides is 1. The Morgan fingerprint density at radius 3 is 2.39 bits per heavy atom. The van der Waals surface area contributed by atoms with E-state index in [1.54, 1.807) is 12.5 Å². The quantitative estimate of drug-likeness (QED) is 0.922. The van der Waals surface area contributed by atoms with Crippen molar-refractivity contribution >= 4 is 5.91 Å². The van der Waals surface area contributed by atoms with Crippen molar-refractivity contribution in [2.24, 2.45) is 11.8 Å². The van der Waals surface area contributed by atoms with Crippen molar-refractivity contribution in [2.45, 2.75) is 12.8 Å². The highest BCUT2D eigenvalue weighted by molar-refractivity contribution is 5.94. The summed E-state index contributed by atoms with van der Waals surface area (Å²) in [7, 11) is 0. The summed E-state index contributed by atoms with van der Waals surface area (Å²) in [6.07, 6.45) is 7.66. The summed E-state index contributed by atoms with van der Waals surface area (Å²) in [6.45, 7) is 3.99. The van der Waals surface area contributed by atoms with Crippen LogP contribution in [0.15, 0.2) is 43.0 Å². The molecule has 2 aromatic rings. The fourth-order valence-corrected chi connectivity index (χ4v) is 3.79. The summed E-state index contributed by atoms with van der Waals surface area (Å²) in [5.74, 6) is 1.66. The monoisotopic (exact) mass is 310 g/mol. The molecule has 2 saturated heterocycles. The van der Waals surface area contributed by atoms with E-state index in [0.717, 1.165) is 62.1 Å². The van der Waals surface area contributed by atoms with Crippen LogP contribution in [0.1, 0.15) is 23.2 Å². The van der Waals surface area contributed by atoms with Gasteiger partial charge < -0.3 is 14.8 Å². The Hall–Kier alpha value is -2.14. The number of nitrogens with zero attached hydrogens (tertiary/aromatic N) is 3. The second-order valence-electron chi connectivity index (χ2n) is 6.56. The molecule has 0 radical (unpaired) electrons. The summed E-state index contributed by atoms with van der Waals surface area (Å²) in [6, 6.07) is 7.80.